The molecule has 0 atom stereocenters. The summed E-state index contributed by atoms with van der Waals surface area (Å²) in [6.07, 6.45) is 2.30. The van der Waals surface area contributed by atoms with Gasteiger partial charge in [0.05, 0.1) is 15.5 Å². The summed E-state index contributed by atoms with van der Waals surface area (Å²) in [7, 11) is 0. The van der Waals surface area contributed by atoms with Gasteiger partial charge >= 0.3 is 0 Å². The summed E-state index contributed by atoms with van der Waals surface area (Å²) in [6, 6.07) is 7.32. The van der Waals surface area contributed by atoms with Crippen molar-refractivity contribution in [1.82, 2.24) is 9.38 Å². The van der Waals surface area contributed by atoms with Crippen molar-refractivity contribution in [2.24, 2.45) is 0 Å². The number of benzene rings is 1. The number of thioether (sulfide) groups is 1. The molecule has 0 aliphatic heterocycles. The van der Waals surface area contributed by atoms with Crippen LogP contribution in [0.1, 0.15) is 15.2 Å². The smallest absolute Gasteiger partial charge is 0.278 e. The first kappa shape index (κ1) is 16.8. The number of hydrogen-bond acceptors (Lipinski definition) is 8. The van der Waals surface area contributed by atoms with Crippen molar-refractivity contribution in [3.8, 4) is 17.3 Å². The Balaban J connectivity index is 2.38. The first-order valence-electron chi connectivity index (χ1n) is 6.75. The molecule has 0 N–H and O–H groups in total. The summed E-state index contributed by atoms with van der Waals surface area (Å²) < 4.78 is 1.20. The third kappa shape index (κ3) is 2.69. The molecule has 0 aliphatic carbocycles. The number of non-ortho nitro benzene ring substituents is 1. The molecule has 0 saturated heterocycles. The molecular formula is C15H8N4O4S2. The van der Waals surface area contributed by atoms with Gasteiger partial charge in [0.2, 0.25) is 0 Å². The Labute approximate surface area is 148 Å². The van der Waals surface area contributed by atoms with E-state index in [-0.39, 0.29) is 26.8 Å². The lowest BCUT2D eigenvalue weighted by Gasteiger charge is -2.04. The molecule has 0 unspecified atom stereocenters. The van der Waals surface area contributed by atoms with Crippen LogP contribution in [-0.4, -0.2) is 26.8 Å². The van der Waals surface area contributed by atoms with Crippen molar-refractivity contribution in [3.05, 3.63) is 55.2 Å². The quantitative estimate of drug-likeness (QED) is 0.227. The maximum Gasteiger partial charge on any atom is 0.278 e. The third-order valence-corrected chi connectivity index (χ3v) is 5.09. The van der Waals surface area contributed by atoms with E-state index in [1.165, 1.54) is 40.4 Å². The van der Waals surface area contributed by atoms with Crippen LogP contribution in [0.4, 0.5) is 5.69 Å². The second kappa shape index (κ2) is 6.46. The van der Waals surface area contributed by atoms with Gasteiger partial charge in [-0.05, 0) is 18.4 Å². The molecule has 3 rings (SSSR count). The molecule has 0 saturated carbocycles. The van der Waals surface area contributed by atoms with Crippen molar-refractivity contribution in [3.63, 3.8) is 0 Å². The Morgan fingerprint density at radius 2 is 2.08 bits per heavy atom. The topological polar surface area (TPSA) is 118 Å². The normalized spacial score (nSPS) is 10.6. The highest BCUT2D eigenvalue weighted by atomic mass is 32.2. The van der Waals surface area contributed by atoms with Crippen molar-refractivity contribution in [2.45, 2.75) is 5.03 Å². The monoisotopic (exact) mass is 372 g/mol. The molecule has 124 valence electrons. The minimum absolute atomic E-state index is 0.108. The van der Waals surface area contributed by atoms with Crippen LogP contribution in [0.3, 0.4) is 0 Å². The van der Waals surface area contributed by atoms with E-state index >= 15 is 0 Å². The Morgan fingerprint density at radius 3 is 2.60 bits per heavy atom. The molecule has 25 heavy (non-hydrogen) atoms. The van der Waals surface area contributed by atoms with Gasteiger partial charge in [-0.2, -0.15) is 5.26 Å². The molecule has 2 aromatic heterocycles. The van der Waals surface area contributed by atoms with Crippen LogP contribution in [0.5, 0.6) is 0 Å². The Kier molecular flexibility index (Phi) is 4.35. The summed E-state index contributed by atoms with van der Waals surface area (Å²) in [6.45, 7) is 0. The highest BCUT2D eigenvalue weighted by molar-refractivity contribution is 7.98. The fourth-order valence-electron chi connectivity index (χ4n) is 2.34. The SMILES string of the molecule is CSc1nc2sc(C=O)c(-c3ccc([N+](=O)[O-])cc3)n2c(=O)c1C#N. The van der Waals surface area contributed by atoms with Gasteiger partial charge in [0.15, 0.2) is 11.2 Å². The van der Waals surface area contributed by atoms with E-state index in [0.29, 0.717) is 16.9 Å². The predicted molar refractivity (Wildman–Crippen MR) is 93.3 cm³/mol. The first-order chi connectivity index (χ1) is 12.0. The number of nitriles is 1. The molecule has 0 radical (unpaired) electrons. The minimum atomic E-state index is -0.574. The lowest BCUT2D eigenvalue weighted by Crippen LogP contribution is -2.19. The van der Waals surface area contributed by atoms with Gasteiger partial charge in [-0.15, -0.1) is 11.8 Å². The Hall–Kier alpha value is -3.03. The second-order valence-corrected chi connectivity index (χ2v) is 6.57. The molecule has 0 amide bonds. The van der Waals surface area contributed by atoms with E-state index in [0.717, 1.165) is 11.3 Å². The van der Waals surface area contributed by atoms with Crippen molar-refractivity contribution in [2.75, 3.05) is 6.26 Å². The molecular weight excluding hydrogens is 364 g/mol. The van der Waals surface area contributed by atoms with E-state index in [1.807, 2.05) is 6.07 Å². The summed E-state index contributed by atoms with van der Waals surface area (Å²) in [5.74, 6) is 0. The van der Waals surface area contributed by atoms with Crippen LogP contribution >= 0.6 is 23.1 Å². The molecule has 1 aromatic carbocycles. The summed E-state index contributed by atoms with van der Waals surface area (Å²) in [5.41, 5.74) is -0.0723. The Morgan fingerprint density at radius 1 is 1.40 bits per heavy atom. The number of nitro benzene ring substituents is 1. The fraction of sp³-hybridized carbons (Fsp3) is 0.0667. The summed E-state index contributed by atoms with van der Waals surface area (Å²) in [5, 5.41) is 20.3. The van der Waals surface area contributed by atoms with Crippen molar-refractivity contribution < 1.29 is 9.72 Å². The van der Waals surface area contributed by atoms with Gasteiger partial charge in [-0.1, -0.05) is 11.3 Å². The van der Waals surface area contributed by atoms with Gasteiger partial charge < -0.3 is 0 Å². The predicted octanol–water partition coefficient (Wildman–Crippen LogP) is 2.74. The number of rotatable bonds is 4. The zero-order valence-electron chi connectivity index (χ0n) is 12.6. The largest absolute Gasteiger partial charge is 0.297 e. The molecule has 0 aliphatic rings. The molecule has 0 bridgehead atoms. The molecule has 2 heterocycles. The van der Waals surface area contributed by atoms with Crippen molar-refractivity contribution in [1.29, 1.82) is 5.26 Å². The fourth-order valence-corrected chi connectivity index (χ4v) is 3.87. The van der Waals surface area contributed by atoms with Crippen LogP contribution < -0.4 is 5.56 Å². The van der Waals surface area contributed by atoms with E-state index in [2.05, 4.69) is 4.98 Å². The number of carbonyl (C=O) groups is 1. The highest BCUT2D eigenvalue weighted by Crippen LogP contribution is 2.31. The average Bonchev–Trinajstić information content (AvgIpc) is 3.00. The molecule has 3 aromatic rings. The lowest BCUT2D eigenvalue weighted by molar-refractivity contribution is -0.384. The number of nitrogens with zero attached hydrogens (tertiary/aromatic N) is 4. The maximum absolute atomic E-state index is 12.7. The van der Waals surface area contributed by atoms with Gasteiger partial charge in [0.25, 0.3) is 11.2 Å². The van der Waals surface area contributed by atoms with Gasteiger partial charge in [0.1, 0.15) is 16.7 Å². The van der Waals surface area contributed by atoms with Crippen LogP contribution in [0.2, 0.25) is 0 Å². The first-order valence-corrected chi connectivity index (χ1v) is 8.79. The van der Waals surface area contributed by atoms with Gasteiger partial charge in [0, 0.05) is 17.7 Å². The second-order valence-electron chi connectivity index (χ2n) is 4.77. The van der Waals surface area contributed by atoms with E-state index in [1.54, 1.807) is 6.26 Å². The summed E-state index contributed by atoms with van der Waals surface area (Å²) >= 11 is 2.19. The van der Waals surface area contributed by atoms with Crippen LogP contribution in [-0.2, 0) is 0 Å². The zero-order chi connectivity index (χ0) is 18.1. The van der Waals surface area contributed by atoms with Crippen LogP contribution in [0.25, 0.3) is 16.2 Å². The number of hydrogen-bond donors (Lipinski definition) is 0. The number of nitro groups is 1. The zero-order valence-corrected chi connectivity index (χ0v) is 14.3. The van der Waals surface area contributed by atoms with Gasteiger partial charge in [-0.3, -0.25) is 19.7 Å². The number of carbonyl (C=O) groups excluding carboxylic acids is 1. The van der Waals surface area contributed by atoms with Crippen molar-refractivity contribution >= 4 is 40.0 Å². The molecule has 0 spiro atoms. The number of fused-ring (bicyclic) bond motifs is 1. The third-order valence-electron chi connectivity index (χ3n) is 3.44. The van der Waals surface area contributed by atoms with Gasteiger partial charge in [-0.25, -0.2) is 9.38 Å². The molecule has 0 fully saturated rings. The number of aromatic nitrogens is 2. The minimum Gasteiger partial charge on any atom is -0.297 e. The maximum atomic E-state index is 12.7. The summed E-state index contributed by atoms with van der Waals surface area (Å²) in [4.78, 5) is 39.2. The van der Waals surface area contributed by atoms with E-state index in [9.17, 15) is 25.0 Å². The number of thiazole rings is 1. The average molecular weight is 372 g/mol. The van der Waals surface area contributed by atoms with E-state index in [4.69, 9.17) is 0 Å². The Bertz CT molecular complexity index is 1110. The van der Waals surface area contributed by atoms with E-state index < -0.39 is 10.5 Å². The molecule has 8 nitrogen and oxygen atoms in total. The number of aldehydes is 1. The highest BCUT2D eigenvalue weighted by Gasteiger charge is 2.21. The lowest BCUT2D eigenvalue weighted by atomic mass is 10.1. The van der Waals surface area contributed by atoms with Crippen LogP contribution in [0.15, 0.2) is 34.1 Å². The van der Waals surface area contributed by atoms with Crippen LogP contribution in [0, 0.1) is 21.4 Å². The standard InChI is InChI=1S/C15H8N4O4S2/c1-24-13-10(6-16)14(21)18-12(11(7-20)25-15(18)17-13)8-2-4-9(5-3-8)19(22)23/h2-5,7H,1H3. The molecule has 10 heteroatoms.